The fourth-order valence-electron chi connectivity index (χ4n) is 5.13. The molecule has 1 unspecified atom stereocenters. The van der Waals surface area contributed by atoms with Gasteiger partial charge in [-0.25, -0.2) is 0 Å². The number of nitrogens with zero attached hydrogens (tertiary/aromatic N) is 2. The molecule has 2 aromatic carbocycles. The van der Waals surface area contributed by atoms with Gasteiger partial charge in [-0.3, -0.25) is 4.90 Å². The van der Waals surface area contributed by atoms with Gasteiger partial charge in [0.15, 0.2) is 17.2 Å². The van der Waals surface area contributed by atoms with Gasteiger partial charge in [0.25, 0.3) is 0 Å². The van der Waals surface area contributed by atoms with Crippen molar-refractivity contribution in [2.45, 2.75) is 38.3 Å². The van der Waals surface area contributed by atoms with Gasteiger partial charge in [0.1, 0.15) is 5.75 Å². The minimum absolute atomic E-state index is 0.232. The van der Waals surface area contributed by atoms with E-state index in [1.54, 1.807) is 0 Å². The van der Waals surface area contributed by atoms with E-state index in [9.17, 15) is 0 Å². The van der Waals surface area contributed by atoms with Gasteiger partial charge in [0.2, 0.25) is 6.79 Å². The Morgan fingerprint density at radius 2 is 1.62 bits per heavy atom. The Labute approximate surface area is 173 Å². The molecule has 0 spiro atoms. The summed E-state index contributed by atoms with van der Waals surface area (Å²) in [6.45, 7) is 7.05. The lowest BCUT2D eigenvalue weighted by atomic mass is 9.74. The van der Waals surface area contributed by atoms with Gasteiger partial charge in [0.05, 0.1) is 0 Å². The first kappa shape index (κ1) is 18.6. The second kappa shape index (κ2) is 6.84. The van der Waals surface area contributed by atoms with Crippen molar-refractivity contribution in [1.29, 1.82) is 0 Å². The lowest BCUT2D eigenvalue weighted by Gasteiger charge is -2.50. The van der Waals surface area contributed by atoms with Gasteiger partial charge in [0, 0.05) is 56.3 Å². The minimum atomic E-state index is -0.345. The zero-order valence-corrected chi connectivity index (χ0v) is 17.8. The molecular weight excluding hydrogens is 364 g/mol. The molecule has 0 N–H and O–H groups in total. The summed E-state index contributed by atoms with van der Waals surface area (Å²) in [7, 11) is 4.15. The van der Waals surface area contributed by atoms with Crippen LogP contribution in [0.15, 0.2) is 36.4 Å². The van der Waals surface area contributed by atoms with Crippen LogP contribution in [0.4, 0.5) is 5.69 Å². The second-order valence-corrected chi connectivity index (χ2v) is 8.85. The van der Waals surface area contributed by atoms with Gasteiger partial charge in [-0.05, 0) is 43.5 Å². The number of ether oxygens (including phenoxy) is 3. The molecule has 0 bridgehead atoms. The van der Waals surface area contributed by atoms with E-state index in [1.807, 2.05) is 6.07 Å². The number of fused-ring (bicyclic) bond motifs is 2. The van der Waals surface area contributed by atoms with E-state index in [-0.39, 0.29) is 18.4 Å². The molecule has 5 rings (SSSR count). The average molecular weight is 395 g/mol. The molecule has 154 valence electrons. The van der Waals surface area contributed by atoms with Crippen molar-refractivity contribution in [1.82, 2.24) is 4.90 Å². The summed E-state index contributed by atoms with van der Waals surface area (Å²) in [4.78, 5) is 4.66. The number of likely N-dealkylation sites (tertiary alicyclic amines) is 1. The first-order valence-corrected chi connectivity index (χ1v) is 10.6. The molecule has 0 radical (unpaired) electrons. The molecule has 29 heavy (non-hydrogen) atoms. The Kier molecular flexibility index (Phi) is 4.39. The number of rotatable bonds is 3. The van der Waals surface area contributed by atoms with Crippen LogP contribution in [0.3, 0.4) is 0 Å². The molecule has 3 aliphatic rings. The van der Waals surface area contributed by atoms with Crippen molar-refractivity contribution >= 4 is 5.69 Å². The van der Waals surface area contributed by atoms with Crippen molar-refractivity contribution in [3.8, 4) is 17.2 Å². The van der Waals surface area contributed by atoms with Crippen LogP contribution in [-0.4, -0.2) is 44.6 Å². The lowest BCUT2D eigenvalue weighted by molar-refractivity contribution is -0.114. The Morgan fingerprint density at radius 1 is 0.966 bits per heavy atom. The van der Waals surface area contributed by atoms with E-state index in [4.69, 9.17) is 14.2 Å². The molecule has 1 saturated heterocycles. The summed E-state index contributed by atoms with van der Waals surface area (Å²) < 4.78 is 18.1. The van der Waals surface area contributed by atoms with Gasteiger partial charge in [-0.1, -0.05) is 19.1 Å². The van der Waals surface area contributed by atoms with Crippen LogP contribution in [0.1, 0.15) is 43.7 Å². The fraction of sp³-hybridized carbons (Fsp3) is 0.500. The number of hydrogen-bond acceptors (Lipinski definition) is 5. The molecule has 0 amide bonds. The largest absolute Gasteiger partial charge is 0.472 e. The SMILES string of the molecule is C[C@H]1[C@H](c2ccc(N(C)C)cc2)c2cc3c(cc2OC1(C)N1CCCC1)OCO3. The number of benzene rings is 2. The summed E-state index contributed by atoms with van der Waals surface area (Å²) >= 11 is 0. The third kappa shape index (κ3) is 2.94. The summed E-state index contributed by atoms with van der Waals surface area (Å²) in [5.41, 5.74) is 3.37. The Morgan fingerprint density at radius 3 is 2.28 bits per heavy atom. The van der Waals surface area contributed by atoms with E-state index >= 15 is 0 Å². The van der Waals surface area contributed by atoms with Gasteiger partial charge >= 0.3 is 0 Å². The minimum Gasteiger partial charge on any atom is -0.472 e. The van der Waals surface area contributed by atoms with Crippen LogP contribution in [0.5, 0.6) is 17.2 Å². The molecule has 3 heterocycles. The van der Waals surface area contributed by atoms with Crippen LogP contribution in [0, 0.1) is 5.92 Å². The van der Waals surface area contributed by atoms with E-state index in [0.717, 1.165) is 30.3 Å². The topological polar surface area (TPSA) is 34.2 Å². The van der Waals surface area contributed by atoms with Crippen molar-refractivity contribution in [2.24, 2.45) is 5.92 Å². The third-order valence-electron chi connectivity index (χ3n) is 7.00. The van der Waals surface area contributed by atoms with Gasteiger partial charge in [-0.15, -0.1) is 0 Å². The highest BCUT2D eigenvalue weighted by molar-refractivity contribution is 5.57. The molecule has 2 aromatic rings. The van der Waals surface area contributed by atoms with Crippen molar-refractivity contribution < 1.29 is 14.2 Å². The first-order chi connectivity index (χ1) is 14.0. The van der Waals surface area contributed by atoms with Crippen molar-refractivity contribution in [3.63, 3.8) is 0 Å². The van der Waals surface area contributed by atoms with Crippen molar-refractivity contribution in [2.75, 3.05) is 38.9 Å². The molecule has 5 heteroatoms. The van der Waals surface area contributed by atoms with Crippen LogP contribution in [-0.2, 0) is 0 Å². The summed E-state index contributed by atoms with van der Waals surface area (Å²) in [5, 5.41) is 0. The van der Waals surface area contributed by atoms with E-state index < -0.39 is 0 Å². The van der Waals surface area contributed by atoms with E-state index in [1.165, 1.54) is 29.7 Å². The Hall–Kier alpha value is -2.40. The smallest absolute Gasteiger partial charge is 0.231 e. The second-order valence-electron chi connectivity index (χ2n) is 8.85. The molecule has 0 saturated carbocycles. The molecule has 5 nitrogen and oxygen atoms in total. The number of hydrogen-bond donors (Lipinski definition) is 0. The first-order valence-electron chi connectivity index (χ1n) is 10.6. The zero-order chi connectivity index (χ0) is 20.2. The maximum atomic E-state index is 6.74. The monoisotopic (exact) mass is 394 g/mol. The van der Waals surface area contributed by atoms with Crippen LogP contribution >= 0.6 is 0 Å². The fourth-order valence-corrected chi connectivity index (χ4v) is 5.13. The third-order valence-corrected chi connectivity index (χ3v) is 7.00. The Balaban J connectivity index is 1.63. The predicted octanol–water partition coefficient (Wildman–Crippen LogP) is 4.45. The summed E-state index contributed by atoms with van der Waals surface area (Å²) in [6.07, 6.45) is 2.48. The Bertz CT molecular complexity index is 905. The van der Waals surface area contributed by atoms with Gasteiger partial charge < -0.3 is 19.1 Å². The van der Waals surface area contributed by atoms with Crippen LogP contribution in [0.2, 0.25) is 0 Å². The standard InChI is InChI=1S/C24H30N2O3/c1-16-23(17-7-9-18(10-8-17)25(3)4)19-13-21-22(28-15-27-21)14-20(19)29-24(16,2)26-11-5-6-12-26/h7-10,13-14,16,23H,5-6,11-12,15H2,1-4H3/t16-,23+,24?/m0/s1. The highest BCUT2D eigenvalue weighted by atomic mass is 16.7. The normalized spacial score (nSPS) is 28.1. The molecule has 3 aliphatic heterocycles. The summed E-state index contributed by atoms with van der Waals surface area (Å²) in [6, 6.07) is 13.1. The predicted molar refractivity (Wildman–Crippen MR) is 114 cm³/mol. The maximum Gasteiger partial charge on any atom is 0.231 e. The van der Waals surface area contributed by atoms with E-state index in [0.29, 0.717) is 5.92 Å². The van der Waals surface area contributed by atoms with Crippen LogP contribution < -0.4 is 19.1 Å². The molecule has 1 fully saturated rings. The highest BCUT2D eigenvalue weighted by Gasteiger charge is 2.49. The quantitative estimate of drug-likeness (QED) is 0.768. The van der Waals surface area contributed by atoms with E-state index in [2.05, 4.69) is 68.1 Å². The maximum absolute atomic E-state index is 6.74. The summed E-state index contributed by atoms with van der Waals surface area (Å²) in [5.74, 6) is 3.04. The molecule has 3 atom stereocenters. The van der Waals surface area contributed by atoms with Crippen LogP contribution in [0.25, 0.3) is 0 Å². The van der Waals surface area contributed by atoms with Gasteiger partial charge in [-0.2, -0.15) is 0 Å². The highest BCUT2D eigenvalue weighted by Crippen LogP contribution is 2.53. The molecule has 0 aromatic heterocycles. The van der Waals surface area contributed by atoms with Crippen molar-refractivity contribution in [3.05, 3.63) is 47.5 Å². The number of anilines is 1. The zero-order valence-electron chi connectivity index (χ0n) is 17.8. The lowest BCUT2D eigenvalue weighted by Crippen LogP contribution is -2.57. The molecule has 0 aliphatic carbocycles. The average Bonchev–Trinajstić information content (AvgIpc) is 3.40. The molecular formula is C24H30N2O3.